The van der Waals surface area contributed by atoms with Gasteiger partial charge in [-0.25, -0.2) is 13.4 Å². The molecule has 1 aromatic rings. The first-order chi connectivity index (χ1) is 8.11. The number of hydrogen-bond acceptors (Lipinski definition) is 5. The third kappa shape index (κ3) is 3.19. The molecule has 96 valence electrons. The zero-order valence-corrected chi connectivity index (χ0v) is 10.6. The Morgan fingerprint density at radius 1 is 1.65 bits per heavy atom. The van der Waals surface area contributed by atoms with E-state index in [-0.39, 0.29) is 17.5 Å². The molecule has 0 radical (unpaired) electrons. The fraction of sp³-hybridized carbons (Fsp3) is 0.700. The van der Waals surface area contributed by atoms with Crippen LogP contribution >= 0.6 is 0 Å². The van der Waals surface area contributed by atoms with Crippen LogP contribution in [0, 0.1) is 0 Å². The van der Waals surface area contributed by atoms with Crippen LogP contribution in [0.3, 0.4) is 0 Å². The van der Waals surface area contributed by atoms with Gasteiger partial charge in [-0.1, -0.05) is 0 Å². The lowest BCUT2D eigenvalue weighted by atomic mass is 10.3. The van der Waals surface area contributed by atoms with Crippen LogP contribution < -0.4 is 5.32 Å². The first-order valence-electron chi connectivity index (χ1n) is 5.58. The highest BCUT2D eigenvalue weighted by atomic mass is 32.2. The van der Waals surface area contributed by atoms with Crippen molar-refractivity contribution >= 4 is 15.8 Å². The first kappa shape index (κ1) is 12.4. The molecule has 1 aliphatic rings. The van der Waals surface area contributed by atoms with Gasteiger partial charge in [0.25, 0.3) is 0 Å². The summed E-state index contributed by atoms with van der Waals surface area (Å²) < 4.78 is 29.6. The molecule has 7 heteroatoms. The van der Waals surface area contributed by atoms with Crippen LogP contribution in [0.2, 0.25) is 0 Å². The summed E-state index contributed by atoms with van der Waals surface area (Å²) in [5.74, 6) is 1.18. The summed E-state index contributed by atoms with van der Waals surface area (Å²) in [6, 6.07) is -0.0244. The number of rotatable bonds is 5. The van der Waals surface area contributed by atoms with Gasteiger partial charge in [-0.2, -0.15) is 0 Å². The number of aromatic nitrogens is 2. The van der Waals surface area contributed by atoms with E-state index in [2.05, 4.69) is 10.3 Å². The lowest BCUT2D eigenvalue weighted by molar-refractivity contribution is 0.187. The molecule has 0 amide bonds. The van der Waals surface area contributed by atoms with Gasteiger partial charge < -0.3 is 14.6 Å². The van der Waals surface area contributed by atoms with Gasteiger partial charge in [-0.05, 0) is 6.42 Å². The molecular formula is C10H17N3O3S. The maximum atomic E-state index is 11.3. The van der Waals surface area contributed by atoms with Crippen molar-refractivity contribution in [1.82, 2.24) is 9.55 Å². The van der Waals surface area contributed by atoms with Crippen molar-refractivity contribution in [2.24, 2.45) is 0 Å². The van der Waals surface area contributed by atoms with E-state index < -0.39 is 9.84 Å². The Kier molecular flexibility index (Phi) is 3.68. The normalized spacial score (nSPS) is 22.8. The molecule has 1 saturated heterocycles. The van der Waals surface area contributed by atoms with E-state index in [0.29, 0.717) is 25.5 Å². The van der Waals surface area contributed by atoms with Gasteiger partial charge in [0.15, 0.2) is 9.84 Å². The first-order valence-corrected chi connectivity index (χ1v) is 7.40. The summed E-state index contributed by atoms with van der Waals surface area (Å²) in [5.41, 5.74) is 0. The summed E-state index contributed by atoms with van der Waals surface area (Å²) >= 11 is 0. The molecule has 0 saturated carbocycles. The largest absolute Gasteiger partial charge is 0.383 e. The smallest absolute Gasteiger partial charge is 0.203 e. The molecule has 2 rings (SSSR count). The fourth-order valence-corrected chi connectivity index (χ4v) is 3.58. The van der Waals surface area contributed by atoms with E-state index in [1.165, 1.54) is 0 Å². The van der Waals surface area contributed by atoms with Gasteiger partial charge in [-0.3, -0.25) is 0 Å². The number of sulfone groups is 1. The minimum absolute atomic E-state index is 0.0244. The molecule has 0 bridgehead atoms. The second kappa shape index (κ2) is 5.05. The predicted octanol–water partition coefficient (Wildman–Crippen LogP) is 0.129. The molecule has 1 aliphatic heterocycles. The minimum Gasteiger partial charge on any atom is -0.383 e. The van der Waals surface area contributed by atoms with E-state index in [4.69, 9.17) is 4.74 Å². The minimum atomic E-state index is -2.85. The van der Waals surface area contributed by atoms with E-state index in [9.17, 15) is 8.42 Å². The topological polar surface area (TPSA) is 73.2 Å². The zero-order valence-electron chi connectivity index (χ0n) is 9.80. The van der Waals surface area contributed by atoms with Crippen LogP contribution in [0.5, 0.6) is 0 Å². The predicted molar refractivity (Wildman–Crippen MR) is 64.8 cm³/mol. The molecule has 1 unspecified atom stereocenters. The molecule has 2 heterocycles. The van der Waals surface area contributed by atoms with Crippen molar-refractivity contribution in [3.63, 3.8) is 0 Å². The summed E-state index contributed by atoms with van der Waals surface area (Å²) in [4.78, 5) is 4.18. The van der Waals surface area contributed by atoms with Crippen molar-refractivity contribution in [1.29, 1.82) is 0 Å². The van der Waals surface area contributed by atoms with Gasteiger partial charge in [0.05, 0.1) is 18.1 Å². The quantitative estimate of drug-likeness (QED) is 0.813. The molecule has 1 aromatic heterocycles. The van der Waals surface area contributed by atoms with Crippen LogP contribution in [0.4, 0.5) is 5.95 Å². The monoisotopic (exact) mass is 259 g/mol. The lowest BCUT2D eigenvalue weighted by Gasteiger charge is -2.13. The Balaban J connectivity index is 1.97. The lowest BCUT2D eigenvalue weighted by Crippen LogP contribution is -2.23. The number of methoxy groups -OCH3 is 1. The van der Waals surface area contributed by atoms with E-state index in [0.717, 1.165) is 0 Å². The number of ether oxygens (including phenoxy) is 1. The van der Waals surface area contributed by atoms with Gasteiger partial charge in [0, 0.05) is 32.1 Å². The maximum absolute atomic E-state index is 11.3. The fourth-order valence-electron chi connectivity index (χ4n) is 1.91. The Hall–Kier alpha value is -1.08. The van der Waals surface area contributed by atoms with Crippen LogP contribution in [-0.4, -0.2) is 49.2 Å². The van der Waals surface area contributed by atoms with Crippen molar-refractivity contribution in [2.45, 2.75) is 19.0 Å². The second-order valence-corrected chi connectivity index (χ2v) is 6.41. The number of imidazole rings is 1. The third-order valence-electron chi connectivity index (χ3n) is 2.82. The maximum Gasteiger partial charge on any atom is 0.203 e. The Morgan fingerprint density at radius 2 is 2.47 bits per heavy atom. The molecule has 0 spiro atoms. The van der Waals surface area contributed by atoms with Crippen LogP contribution in [0.25, 0.3) is 0 Å². The summed E-state index contributed by atoms with van der Waals surface area (Å²) in [5, 5.41) is 3.17. The summed E-state index contributed by atoms with van der Waals surface area (Å²) in [6.45, 7) is 1.31. The molecule has 1 fully saturated rings. The van der Waals surface area contributed by atoms with E-state index in [1.54, 1.807) is 13.3 Å². The highest BCUT2D eigenvalue weighted by Gasteiger charge is 2.28. The zero-order chi connectivity index (χ0) is 12.3. The highest BCUT2D eigenvalue weighted by molar-refractivity contribution is 7.91. The molecule has 1 N–H and O–H groups in total. The van der Waals surface area contributed by atoms with Crippen LogP contribution in [0.15, 0.2) is 12.4 Å². The number of anilines is 1. The van der Waals surface area contributed by atoms with Crippen LogP contribution in [-0.2, 0) is 21.1 Å². The standard InChI is InChI=1S/C10H17N3O3S/c1-16-6-5-13-4-3-11-10(13)12-9-2-7-17(14,15)8-9/h3-4,9H,2,5-8H2,1H3,(H,11,12). The molecule has 0 aliphatic carbocycles. The van der Waals surface area contributed by atoms with Crippen molar-refractivity contribution in [3.8, 4) is 0 Å². The Bertz CT molecular complexity index is 469. The average molecular weight is 259 g/mol. The van der Waals surface area contributed by atoms with Crippen molar-refractivity contribution < 1.29 is 13.2 Å². The number of nitrogens with one attached hydrogen (secondary N) is 1. The summed E-state index contributed by atoms with van der Waals surface area (Å²) in [6.07, 6.45) is 4.20. The average Bonchev–Trinajstić information content (AvgIpc) is 2.83. The Labute approximate surface area is 101 Å². The third-order valence-corrected chi connectivity index (χ3v) is 4.59. The number of nitrogens with zero attached hydrogens (tertiary/aromatic N) is 2. The van der Waals surface area contributed by atoms with Crippen molar-refractivity contribution in [2.75, 3.05) is 30.5 Å². The second-order valence-electron chi connectivity index (χ2n) is 4.18. The summed E-state index contributed by atoms with van der Waals surface area (Å²) in [7, 11) is -1.21. The Morgan fingerprint density at radius 3 is 3.12 bits per heavy atom. The van der Waals surface area contributed by atoms with Gasteiger partial charge >= 0.3 is 0 Å². The van der Waals surface area contributed by atoms with Crippen molar-refractivity contribution in [3.05, 3.63) is 12.4 Å². The molecule has 0 aromatic carbocycles. The molecular weight excluding hydrogens is 242 g/mol. The SMILES string of the molecule is COCCn1ccnc1NC1CCS(=O)(=O)C1. The molecule has 6 nitrogen and oxygen atoms in total. The number of hydrogen-bond donors (Lipinski definition) is 1. The van der Waals surface area contributed by atoms with Crippen LogP contribution in [0.1, 0.15) is 6.42 Å². The van der Waals surface area contributed by atoms with Gasteiger partial charge in [0.1, 0.15) is 0 Å². The highest BCUT2D eigenvalue weighted by Crippen LogP contribution is 2.16. The van der Waals surface area contributed by atoms with E-state index in [1.807, 2.05) is 10.8 Å². The molecule has 17 heavy (non-hydrogen) atoms. The van der Waals surface area contributed by atoms with E-state index >= 15 is 0 Å². The van der Waals surface area contributed by atoms with Gasteiger partial charge in [0.2, 0.25) is 5.95 Å². The van der Waals surface area contributed by atoms with Gasteiger partial charge in [-0.15, -0.1) is 0 Å². The molecule has 1 atom stereocenters.